The summed E-state index contributed by atoms with van der Waals surface area (Å²) in [5.41, 5.74) is -0.0395. The summed E-state index contributed by atoms with van der Waals surface area (Å²) in [6, 6.07) is 10.8. The molecule has 0 atom stereocenters. The van der Waals surface area contributed by atoms with Crippen molar-refractivity contribution in [2.75, 3.05) is 36.4 Å². The molecule has 0 unspecified atom stereocenters. The summed E-state index contributed by atoms with van der Waals surface area (Å²) in [5.74, 6) is 1.26. The number of rotatable bonds is 6. The Morgan fingerprint density at radius 3 is 2.56 bits per heavy atom. The van der Waals surface area contributed by atoms with Gasteiger partial charge in [-0.25, -0.2) is 27.8 Å². The highest BCUT2D eigenvalue weighted by atomic mass is 32.2. The zero-order valence-corrected chi connectivity index (χ0v) is 18.5. The lowest BCUT2D eigenvalue weighted by Crippen LogP contribution is -2.48. The number of hydrogen-bond donors (Lipinski definition) is 2. The second-order valence-corrected chi connectivity index (χ2v) is 9.31. The van der Waals surface area contributed by atoms with E-state index in [9.17, 15) is 12.8 Å². The maximum Gasteiger partial charge on any atom is 0.243 e. The summed E-state index contributed by atoms with van der Waals surface area (Å²) in [6.45, 7) is 1.34. The number of tetrazole rings is 1. The molecular formula is C20H19FN10O2S. The Hall–Kier alpha value is -4.04. The molecule has 1 saturated heterocycles. The molecule has 1 fully saturated rings. The molecule has 0 amide bonds. The fourth-order valence-corrected chi connectivity index (χ4v) is 5.02. The first-order chi connectivity index (χ1) is 16.5. The molecule has 4 aromatic rings. The van der Waals surface area contributed by atoms with Gasteiger partial charge in [-0.1, -0.05) is 6.07 Å². The van der Waals surface area contributed by atoms with Gasteiger partial charge in [0.25, 0.3) is 0 Å². The lowest BCUT2D eigenvalue weighted by molar-refractivity contribution is 0.383. The van der Waals surface area contributed by atoms with Gasteiger partial charge in [0.2, 0.25) is 15.8 Å². The van der Waals surface area contributed by atoms with Gasteiger partial charge in [0.15, 0.2) is 0 Å². The summed E-state index contributed by atoms with van der Waals surface area (Å²) in [7, 11) is -3.85. The molecule has 0 spiro atoms. The normalized spacial score (nSPS) is 14.8. The van der Waals surface area contributed by atoms with Crippen LogP contribution in [0.25, 0.3) is 11.4 Å². The lowest BCUT2D eigenvalue weighted by atomic mass is 10.2. The Morgan fingerprint density at radius 1 is 0.971 bits per heavy atom. The molecule has 0 saturated carbocycles. The van der Waals surface area contributed by atoms with Crippen molar-refractivity contribution >= 4 is 27.5 Å². The quantitative estimate of drug-likeness (QED) is 0.414. The van der Waals surface area contributed by atoms with E-state index in [0.29, 0.717) is 30.5 Å². The Balaban J connectivity index is 1.29. The third kappa shape index (κ3) is 4.40. The molecular weight excluding hydrogens is 463 g/mol. The molecule has 1 aromatic carbocycles. The summed E-state index contributed by atoms with van der Waals surface area (Å²) in [4.78, 5) is 14.7. The van der Waals surface area contributed by atoms with Gasteiger partial charge >= 0.3 is 0 Å². The van der Waals surface area contributed by atoms with E-state index in [1.165, 1.54) is 22.8 Å². The molecule has 0 aliphatic carbocycles. The predicted octanol–water partition coefficient (Wildman–Crippen LogP) is 1.45. The number of halogens is 1. The maximum absolute atomic E-state index is 14.2. The molecule has 4 heterocycles. The minimum absolute atomic E-state index is 0.0155. The van der Waals surface area contributed by atoms with E-state index in [-0.39, 0.29) is 29.4 Å². The molecule has 1 aliphatic heterocycles. The molecule has 0 bridgehead atoms. The average Bonchev–Trinajstić information content (AvgIpc) is 3.40. The van der Waals surface area contributed by atoms with Crippen LogP contribution in [0.4, 0.5) is 21.8 Å². The van der Waals surface area contributed by atoms with Crippen LogP contribution < -0.4 is 10.2 Å². The van der Waals surface area contributed by atoms with Crippen LogP contribution in [0.2, 0.25) is 0 Å². The van der Waals surface area contributed by atoms with Crippen molar-refractivity contribution in [3.05, 3.63) is 60.8 Å². The molecule has 34 heavy (non-hydrogen) atoms. The molecule has 0 radical (unpaired) electrons. The third-order valence-electron chi connectivity index (χ3n) is 5.30. The SMILES string of the molecule is O=S(=O)(c1ccc(F)c(-c2nn[nH]n2)c1)N1CCN(c2cc(Nc3ccccn3)ncn2)CC1. The molecule has 2 N–H and O–H groups in total. The highest BCUT2D eigenvalue weighted by Crippen LogP contribution is 2.26. The van der Waals surface area contributed by atoms with Crippen molar-refractivity contribution in [2.24, 2.45) is 0 Å². The number of aromatic amines is 1. The highest BCUT2D eigenvalue weighted by molar-refractivity contribution is 7.89. The van der Waals surface area contributed by atoms with Crippen molar-refractivity contribution in [3.8, 4) is 11.4 Å². The highest BCUT2D eigenvalue weighted by Gasteiger charge is 2.30. The van der Waals surface area contributed by atoms with Gasteiger partial charge in [0.05, 0.1) is 10.5 Å². The first kappa shape index (κ1) is 21.8. The monoisotopic (exact) mass is 482 g/mol. The van der Waals surface area contributed by atoms with E-state index in [1.807, 2.05) is 23.1 Å². The zero-order valence-electron chi connectivity index (χ0n) is 17.7. The van der Waals surface area contributed by atoms with Crippen LogP contribution >= 0.6 is 0 Å². The fourth-order valence-electron chi connectivity index (χ4n) is 3.57. The summed E-state index contributed by atoms with van der Waals surface area (Å²) >= 11 is 0. The number of benzene rings is 1. The molecule has 14 heteroatoms. The minimum Gasteiger partial charge on any atom is -0.354 e. The predicted molar refractivity (Wildman–Crippen MR) is 120 cm³/mol. The number of H-pyrrole nitrogens is 1. The largest absolute Gasteiger partial charge is 0.354 e. The molecule has 174 valence electrons. The first-order valence-electron chi connectivity index (χ1n) is 10.3. The number of aromatic nitrogens is 7. The van der Waals surface area contributed by atoms with Crippen molar-refractivity contribution < 1.29 is 12.8 Å². The van der Waals surface area contributed by atoms with Crippen LogP contribution in [-0.2, 0) is 10.0 Å². The Kier molecular flexibility index (Phi) is 5.81. The lowest BCUT2D eigenvalue weighted by Gasteiger charge is -2.34. The van der Waals surface area contributed by atoms with Crippen molar-refractivity contribution in [2.45, 2.75) is 4.90 Å². The van der Waals surface area contributed by atoms with E-state index in [0.717, 1.165) is 6.07 Å². The summed E-state index contributed by atoms with van der Waals surface area (Å²) in [5, 5.41) is 16.2. The van der Waals surface area contributed by atoms with Gasteiger partial charge in [-0.3, -0.25) is 0 Å². The number of nitrogens with zero attached hydrogens (tertiary/aromatic N) is 8. The smallest absolute Gasteiger partial charge is 0.243 e. The Morgan fingerprint density at radius 2 is 1.82 bits per heavy atom. The van der Waals surface area contributed by atoms with Gasteiger partial charge < -0.3 is 10.2 Å². The van der Waals surface area contributed by atoms with Crippen molar-refractivity contribution in [1.29, 1.82) is 0 Å². The number of sulfonamides is 1. The second kappa shape index (κ2) is 9.07. The van der Waals surface area contributed by atoms with Crippen LogP contribution in [0.3, 0.4) is 0 Å². The minimum atomic E-state index is -3.85. The van der Waals surface area contributed by atoms with Crippen LogP contribution in [0.5, 0.6) is 0 Å². The van der Waals surface area contributed by atoms with Crippen LogP contribution in [-0.4, -0.2) is 74.5 Å². The number of anilines is 3. The Bertz CT molecular complexity index is 1380. The average molecular weight is 483 g/mol. The Labute approximate surface area is 193 Å². The molecule has 5 rings (SSSR count). The van der Waals surface area contributed by atoms with E-state index in [2.05, 4.69) is 40.9 Å². The van der Waals surface area contributed by atoms with Crippen LogP contribution in [0.1, 0.15) is 0 Å². The third-order valence-corrected chi connectivity index (χ3v) is 7.19. The molecule has 12 nitrogen and oxygen atoms in total. The number of nitrogens with one attached hydrogen (secondary N) is 2. The van der Waals surface area contributed by atoms with Gasteiger partial charge in [-0.05, 0) is 35.5 Å². The van der Waals surface area contributed by atoms with Gasteiger partial charge in [-0.2, -0.15) is 9.52 Å². The van der Waals surface area contributed by atoms with Crippen molar-refractivity contribution in [3.63, 3.8) is 0 Å². The number of pyridine rings is 1. The summed E-state index contributed by atoms with van der Waals surface area (Å²) in [6.07, 6.45) is 3.12. The van der Waals surface area contributed by atoms with E-state index in [4.69, 9.17) is 0 Å². The fraction of sp³-hybridized carbons (Fsp3) is 0.200. The number of piperazine rings is 1. The number of hydrogen-bond acceptors (Lipinski definition) is 10. The van der Waals surface area contributed by atoms with Gasteiger partial charge in [0.1, 0.15) is 29.6 Å². The molecule has 1 aliphatic rings. The van der Waals surface area contributed by atoms with Gasteiger partial charge in [0, 0.05) is 38.4 Å². The van der Waals surface area contributed by atoms with E-state index >= 15 is 0 Å². The topological polar surface area (TPSA) is 146 Å². The van der Waals surface area contributed by atoms with Gasteiger partial charge in [-0.15, -0.1) is 10.2 Å². The van der Waals surface area contributed by atoms with E-state index in [1.54, 1.807) is 12.3 Å². The van der Waals surface area contributed by atoms with Crippen molar-refractivity contribution in [1.82, 2.24) is 39.9 Å². The van der Waals surface area contributed by atoms with E-state index < -0.39 is 15.8 Å². The van der Waals surface area contributed by atoms with Crippen LogP contribution in [0, 0.1) is 5.82 Å². The molecule has 3 aromatic heterocycles. The second-order valence-electron chi connectivity index (χ2n) is 7.37. The maximum atomic E-state index is 14.2. The first-order valence-corrected chi connectivity index (χ1v) is 11.7. The zero-order chi connectivity index (χ0) is 23.5. The standard InChI is InChI=1S/C20H19FN10O2S/c21-16-5-4-14(11-15(16)20-26-28-29-27-20)34(32,33)31-9-7-30(8-10-31)19-12-18(23-13-24-19)25-17-3-1-2-6-22-17/h1-6,11-13H,7-10H2,(H,22,23,24,25)(H,26,27,28,29). The summed E-state index contributed by atoms with van der Waals surface area (Å²) < 4.78 is 42.0. The van der Waals surface area contributed by atoms with Crippen LogP contribution in [0.15, 0.2) is 59.9 Å².